The van der Waals surface area contributed by atoms with E-state index in [1.54, 1.807) is 18.2 Å². The van der Waals surface area contributed by atoms with Gasteiger partial charge in [0.2, 0.25) is 0 Å². The number of benzene rings is 1. The zero-order valence-corrected chi connectivity index (χ0v) is 20.2. The summed E-state index contributed by atoms with van der Waals surface area (Å²) in [4.78, 5) is 4.43. The second kappa shape index (κ2) is 11.2. The smallest absolute Gasteiger partial charge is 0.323 e. The lowest BCUT2D eigenvalue weighted by Gasteiger charge is -2.18. The molecule has 4 aromatic heterocycles. The number of ether oxygens (including phenoxy) is 1. The lowest BCUT2D eigenvalue weighted by atomic mass is 10.0. The van der Waals surface area contributed by atoms with E-state index in [0.717, 1.165) is 6.20 Å². The molecule has 39 heavy (non-hydrogen) atoms. The zero-order valence-electron chi connectivity index (χ0n) is 19.5. The molecule has 0 aliphatic carbocycles. The van der Waals surface area contributed by atoms with Crippen LogP contribution in [0.15, 0.2) is 55.4 Å². The SMILES string of the molecule is Fc1c(Cl)ccc(-n2cnnn2)c1-c1ccc([C@@H](CCOC(F)F)n2cc(-c3cn(C(F)F)nn3)cn2)nc1. The van der Waals surface area contributed by atoms with Crippen LogP contribution in [-0.2, 0) is 4.74 Å². The molecule has 5 aromatic rings. The van der Waals surface area contributed by atoms with Gasteiger partial charge in [0.05, 0.1) is 41.4 Å². The molecule has 1 atom stereocenters. The van der Waals surface area contributed by atoms with Crippen LogP contribution < -0.4 is 0 Å². The van der Waals surface area contributed by atoms with Gasteiger partial charge in [0.15, 0.2) is 5.82 Å². The van der Waals surface area contributed by atoms with Crippen LogP contribution in [0.25, 0.3) is 28.1 Å². The Morgan fingerprint density at radius 3 is 2.46 bits per heavy atom. The Morgan fingerprint density at radius 1 is 0.949 bits per heavy atom. The average molecular weight is 567 g/mol. The Labute approximate surface area is 220 Å². The van der Waals surface area contributed by atoms with E-state index >= 15 is 4.39 Å². The number of tetrazole rings is 1. The maximum absolute atomic E-state index is 15.1. The maximum atomic E-state index is 15.1. The lowest BCUT2D eigenvalue weighted by molar-refractivity contribution is -0.130. The average Bonchev–Trinajstić information content (AvgIpc) is 3.70. The van der Waals surface area contributed by atoms with Crippen LogP contribution in [0.4, 0.5) is 22.0 Å². The molecule has 11 nitrogen and oxygen atoms in total. The van der Waals surface area contributed by atoms with Crippen molar-refractivity contribution in [3.05, 3.63) is 71.9 Å². The molecule has 0 aliphatic heterocycles. The highest BCUT2D eigenvalue weighted by atomic mass is 35.5. The molecule has 0 saturated heterocycles. The number of alkyl halides is 4. The number of hydrogen-bond acceptors (Lipinski definition) is 8. The number of pyridine rings is 1. The molecule has 4 heterocycles. The summed E-state index contributed by atoms with van der Waals surface area (Å²) in [6, 6.07) is 5.35. The Bertz CT molecular complexity index is 1540. The molecule has 0 spiro atoms. The van der Waals surface area contributed by atoms with E-state index in [-0.39, 0.29) is 29.3 Å². The largest absolute Gasteiger partial charge is 0.345 e. The Kier molecular flexibility index (Phi) is 7.56. The van der Waals surface area contributed by atoms with Gasteiger partial charge in [-0.3, -0.25) is 9.67 Å². The molecule has 0 saturated carbocycles. The van der Waals surface area contributed by atoms with E-state index in [1.807, 2.05) is 0 Å². The van der Waals surface area contributed by atoms with Crippen LogP contribution in [-0.4, -0.2) is 63.2 Å². The van der Waals surface area contributed by atoms with Crippen molar-refractivity contribution >= 4 is 11.6 Å². The second-order valence-electron chi connectivity index (χ2n) is 7.99. The van der Waals surface area contributed by atoms with E-state index in [4.69, 9.17) is 11.6 Å². The van der Waals surface area contributed by atoms with Crippen LogP contribution in [0.5, 0.6) is 0 Å². The molecule has 202 valence electrons. The Morgan fingerprint density at radius 2 is 1.79 bits per heavy atom. The normalized spacial score (nSPS) is 12.5. The molecule has 0 unspecified atom stereocenters. The van der Waals surface area contributed by atoms with Gasteiger partial charge in [-0.2, -0.15) is 32.0 Å². The van der Waals surface area contributed by atoms with E-state index < -0.39 is 25.0 Å². The van der Waals surface area contributed by atoms with Crippen LogP contribution in [0.2, 0.25) is 5.02 Å². The van der Waals surface area contributed by atoms with Crippen LogP contribution >= 0.6 is 11.6 Å². The summed E-state index contributed by atoms with van der Waals surface area (Å²) in [7, 11) is 0. The molecule has 0 amide bonds. The minimum absolute atomic E-state index is 0.0307. The highest BCUT2D eigenvalue weighted by Crippen LogP contribution is 2.34. The lowest BCUT2D eigenvalue weighted by Crippen LogP contribution is -2.16. The number of rotatable bonds is 10. The third-order valence-corrected chi connectivity index (χ3v) is 5.94. The van der Waals surface area contributed by atoms with Gasteiger partial charge in [-0.05, 0) is 35.0 Å². The standard InChI is InChI=1S/C22H16ClF5N10O/c23-14-2-4-18(38-11-30-33-35-38)19(20(14)24)12-1-3-15(29-7-12)17(5-6-39-22(27)28)36-9-13(8-31-36)16-10-37(21(25)26)34-32-16/h1-4,7-11,17,21-22H,5-6H2/t17-/m1/s1. The predicted octanol–water partition coefficient (Wildman–Crippen LogP) is 4.59. The molecule has 17 heteroatoms. The fourth-order valence-corrected chi connectivity index (χ4v) is 4.02. The molecule has 1 aromatic carbocycles. The Balaban J connectivity index is 1.48. The van der Waals surface area contributed by atoms with Gasteiger partial charge in [-0.25, -0.2) is 4.39 Å². The summed E-state index contributed by atoms with van der Waals surface area (Å²) >= 11 is 6.02. The van der Waals surface area contributed by atoms with E-state index in [9.17, 15) is 17.6 Å². The van der Waals surface area contributed by atoms with Gasteiger partial charge in [0.25, 0.3) is 0 Å². The minimum Gasteiger partial charge on any atom is -0.323 e. The second-order valence-corrected chi connectivity index (χ2v) is 8.40. The maximum Gasteiger partial charge on any atom is 0.345 e. The summed E-state index contributed by atoms with van der Waals surface area (Å²) in [6.07, 6.45) is 6.63. The zero-order chi connectivity index (χ0) is 27.5. The molecule has 5 rings (SSSR count). The van der Waals surface area contributed by atoms with Gasteiger partial charge in [-0.1, -0.05) is 22.9 Å². The molecular weight excluding hydrogens is 551 g/mol. The van der Waals surface area contributed by atoms with Gasteiger partial charge in [-0.15, -0.1) is 10.2 Å². The fourth-order valence-electron chi connectivity index (χ4n) is 3.86. The predicted molar refractivity (Wildman–Crippen MR) is 125 cm³/mol. The third kappa shape index (κ3) is 5.61. The topological polar surface area (TPSA) is 114 Å². The third-order valence-electron chi connectivity index (χ3n) is 5.65. The first-order chi connectivity index (χ1) is 18.8. The number of halogens is 6. The van der Waals surface area contributed by atoms with Crippen LogP contribution in [0, 0.1) is 5.82 Å². The summed E-state index contributed by atoms with van der Waals surface area (Å²) in [5.74, 6) is -0.713. The van der Waals surface area contributed by atoms with E-state index in [1.165, 1.54) is 40.3 Å². The van der Waals surface area contributed by atoms with Crippen LogP contribution in [0.1, 0.15) is 24.7 Å². The van der Waals surface area contributed by atoms with E-state index in [2.05, 4.69) is 40.7 Å². The molecule has 0 bridgehead atoms. The highest BCUT2D eigenvalue weighted by molar-refractivity contribution is 6.31. The first-order valence-electron chi connectivity index (χ1n) is 11.1. The first-order valence-corrected chi connectivity index (χ1v) is 11.5. The van der Waals surface area contributed by atoms with Crippen molar-refractivity contribution in [1.29, 1.82) is 0 Å². The van der Waals surface area contributed by atoms with Crippen molar-refractivity contribution < 1.29 is 26.7 Å². The van der Waals surface area contributed by atoms with Crippen molar-refractivity contribution in [3.63, 3.8) is 0 Å². The van der Waals surface area contributed by atoms with E-state index in [0.29, 0.717) is 27.2 Å². The van der Waals surface area contributed by atoms with Gasteiger partial charge < -0.3 is 4.74 Å². The Hall–Kier alpha value is -4.31. The van der Waals surface area contributed by atoms with Crippen LogP contribution in [0.3, 0.4) is 0 Å². The fraction of sp³-hybridized carbons (Fsp3) is 0.227. The minimum atomic E-state index is -2.98. The summed E-state index contributed by atoms with van der Waals surface area (Å²) < 4.78 is 73.7. The number of nitrogens with zero attached hydrogens (tertiary/aromatic N) is 10. The summed E-state index contributed by atoms with van der Waals surface area (Å²) in [5, 5.41) is 22.1. The molecular formula is C22H16ClF5N10O. The number of aromatic nitrogens is 10. The summed E-state index contributed by atoms with van der Waals surface area (Å²) in [5.41, 5.74) is 1.64. The quantitative estimate of drug-likeness (QED) is 0.226. The van der Waals surface area contributed by atoms with Crippen molar-refractivity contribution in [1.82, 2.24) is 50.0 Å². The molecule has 0 fully saturated rings. The van der Waals surface area contributed by atoms with Gasteiger partial charge in [0.1, 0.15) is 12.0 Å². The van der Waals surface area contributed by atoms with Gasteiger partial charge in [0, 0.05) is 29.1 Å². The van der Waals surface area contributed by atoms with Crippen molar-refractivity contribution in [2.45, 2.75) is 25.6 Å². The first kappa shape index (κ1) is 26.3. The van der Waals surface area contributed by atoms with Crippen molar-refractivity contribution in [2.24, 2.45) is 0 Å². The molecule has 0 radical (unpaired) electrons. The highest BCUT2D eigenvalue weighted by Gasteiger charge is 2.22. The monoisotopic (exact) mass is 566 g/mol. The van der Waals surface area contributed by atoms with Crippen molar-refractivity contribution in [2.75, 3.05) is 6.61 Å². The van der Waals surface area contributed by atoms with Crippen molar-refractivity contribution in [3.8, 4) is 28.1 Å². The van der Waals surface area contributed by atoms with Gasteiger partial charge >= 0.3 is 13.2 Å². The molecule has 0 aliphatic rings. The number of hydrogen-bond donors (Lipinski definition) is 0. The summed E-state index contributed by atoms with van der Waals surface area (Å²) in [6.45, 7) is -6.18. The molecule has 0 N–H and O–H groups in total.